The number of ether oxygens (including phenoxy) is 1. The molecule has 1 fully saturated rings. The van der Waals surface area contributed by atoms with E-state index in [0.29, 0.717) is 13.2 Å². The van der Waals surface area contributed by atoms with Crippen LogP contribution < -0.4 is 11.3 Å². The summed E-state index contributed by atoms with van der Waals surface area (Å²) in [6.07, 6.45) is -3.26. The third-order valence-electron chi connectivity index (χ3n) is 2.79. The summed E-state index contributed by atoms with van der Waals surface area (Å²) in [5, 5.41) is 0. The summed E-state index contributed by atoms with van der Waals surface area (Å²) in [4.78, 5) is 0. The van der Waals surface area contributed by atoms with Crippen molar-refractivity contribution in [2.45, 2.75) is 37.9 Å². The first kappa shape index (κ1) is 12.7. The SMILES string of the molecule is NNC(CCC(F)(F)F)C1CCOCC1. The van der Waals surface area contributed by atoms with Crippen LogP contribution in [0.5, 0.6) is 0 Å². The topological polar surface area (TPSA) is 47.3 Å². The van der Waals surface area contributed by atoms with Crippen LogP contribution in [-0.2, 0) is 4.74 Å². The van der Waals surface area contributed by atoms with Crippen molar-refractivity contribution in [3.05, 3.63) is 0 Å². The van der Waals surface area contributed by atoms with Gasteiger partial charge in [-0.15, -0.1) is 0 Å². The molecule has 0 spiro atoms. The molecule has 1 rings (SSSR count). The fourth-order valence-corrected chi connectivity index (χ4v) is 1.89. The second-order valence-corrected chi connectivity index (χ2v) is 3.88. The molecule has 1 saturated heterocycles. The van der Waals surface area contributed by atoms with Crippen molar-refractivity contribution in [1.29, 1.82) is 0 Å². The molecule has 6 heteroatoms. The van der Waals surface area contributed by atoms with Gasteiger partial charge in [-0.3, -0.25) is 11.3 Å². The molecule has 0 aliphatic carbocycles. The van der Waals surface area contributed by atoms with Crippen LogP contribution in [0.3, 0.4) is 0 Å². The summed E-state index contributed by atoms with van der Waals surface area (Å²) in [6.45, 7) is 1.24. The molecule has 0 saturated carbocycles. The van der Waals surface area contributed by atoms with Crippen molar-refractivity contribution < 1.29 is 17.9 Å². The third-order valence-corrected chi connectivity index (χ3v) is 2.79. The Hall–Kier alpha value is -0.330. The first-order valence-corrected chi connectivity index (χ1v) is 5.13. The van der Waals surface area contributed by atoms with Crippen molar-refractivity contribution in [3.63, 3.8) is 0 Å². The minimum absolute atomic E-state index is 0.0463. The van der Waals surface area contributed by atoms with Crippen LogP contribution in [0.2, 0.25) is 0 Å². The van der Waals surface area contributed by atoms with Crippen molar-refractivity contribution in [3.8, 4) is 0 Å². The van der Waals surface area contributed by atoms with E-state index in [0.717, 1.165) is 12.8 Å². The van der Waals surface area contributed by atoms with Crippen molar-refractivity contribution in [1.82, 2.24) is 5.43 Å². The van der Waals surface area contributed by atoms with Crippen LogP contribution >= 0.6 is 0 Å². The number of halogens is 3. The molecule has 0 aromatic heterocycles. The molecule has 0 amide bonds. The lowest BCUT2D eigenvalue weighted by Crippen LogP contribution is -2.43. The van der Waals surface area contributed by atoms with Gasteiger partial charge in [0.25, 0.3) is 0 Å². The Morgan fingerprint density at radius 1 is 1.33 bits per heavy atom. The van der Waals surface area contributed by atoms with Crippen LogP contribution in [0.25, 0.3) is 0 Å². The highest BCUT2D eigenvalue weighted by atomic mass is 19.4. The zero-order valence-electron chi connectivity index (χ0n) is 8.52. The predicted octanol–water partition coefficient (Wildman–Crippen LogP) is 1.59. The van der Waals surface area contributed by atoms with E-state index < -0.39 is 12.6 Å². The average Bonchev–Trinajstić information content (AvgIpc) is 2.19. The predicted molar refractivity (Wildman–Crippen MR) is 49.9 cm³/mol. The average molecular weight is 226 g/mol. The number of nitrogens with one attached hydrogen (secondary N) is 1. The van der Waals surface area contributed by atoms with Crippen LogP contribution in [-0.4, -0.2) is 25.4 Å². The minimum Gasteiger partial charge on any atom is -0.381 e. The van der Waals surface area contributed by atoms with Gasteiger partial charge < -0.3 is 4.74 Å². The molecule has 1 aliphatic rings. The zero-order chi connectivity index (χ0) is 11.3. The molecular formula is C9H17F3N2O. The molecule has 1 aliphatic heterocycles. The van der Waals surface area contributed by atoms with E-state index in [1.165, 1.54) is 0 Å². The van der Waals surface area contributed by atoms with Gasteiger partial charge in [0.1, 0.15) is 0 Å². The van der Waals surface area contributed by atoms with Gasteiger partial charge in [-0.05, 0) is 25.2 Å². The van der Waals surface area contributed by atoms with Crippen LogP contribution in [0.4, 0.5) is 13.2 Å². The summed E-state index contributed by atoms with van der Waals surface area (Å²) in [7, 11) is 0. The van der Waals surface area contributed by atoms with E-state index in [1.54, 1.807) is 0 Å². The Balaban J connectivity index is 2.34. The highest BCUT2D eigenvalue weighted by Gasteiger charge is 2.31. The molecule has 1 atom stereocenters. The Kier molecular flexibility index (Phi) is 4.82. The minimum atomic E-state index is -4.10. The quantitative estimate of drug-likeness (QED) is 0.565. The molecule has 1 heterocycles. The van der Waals surface area contributed by atoms with Crippen LogP contribution in [0.15, 0.2) is 0 Å². The second kappa shape index (κ2) is 5.67. The normalized spacial score (nSPS) is 21.6. The van der Waals surface area contributed by atoms with Gasteiger partial charge >= 0.3 is 6.18 Å². The molecule has 0 radical (unpaired) electrons. The molecule has 15 heavy (non-hydrogen) atoms. The molecule has 0 aromatic rings. The Morgan fingerprint density at radius 2 is 1.93 bits per heavy atom. The zero-order valence-corrected chi connectivity index (χ0v) is 8.52. The van der Waals surface area contributed by atoms with E-state index in [4.69, 9.17) is 10.6 Å². The Labute approximate surface area is 87.1 Å². The lowest BCUT2D eigenvalue weighted by molar-refractivity contribution is -0.137. The molecule has 90 valence electrons. The smallest absolute Gasteiger partial charge is 0.381 e. The lowest BCUT2D eigenvalue weighted by Gasteiger charge is -2.30. The number of nitrogens with two attached hydrogens (primary N) is 1. The fraction of sp³-hybridized carbons (Fsp3) is 1.00. The van der Waals surface area contributed by atoms with Gasteiger partial charge in [-0.25, -0.2) is 0 Å². The van der Waals surface area contributed by atoms with Gasteiger partial charge in [-0.1, -0.05) is 0 Å². The maximum atomic E-state index is 12.0. The first-order valence-electron chi connectivity index (χ1n) is 5.13. The summed E-state index contributed by atoms with van der Waals surface area (Å²) < 4.78 is 41.2. The number of alkyl halides is 3. The van der Waals surface area contributed by atoms with Crippen molar-refractivity contribution in [2.75, 3.05) is 13.2 Å². The molecule has 3 nitrogen and oxygen atoms in total. The second-order valence-electron chi connectivity index (χ2n) is 3.88. The van der Waals surface area contributed by atoms with Crippen molar-refractivity contribution >= 4 is 0 Å². The largest absolute Gasteiger partial charge is 0.389 e. The van der Waals surface area contributed by atoms with Gasteiger partial charge in [0, 0.05) is 25.7 Å². The number of rotatable bonds is 4. The lowest BCUT2D eigenvalue weighted by atomic mass is 9.89. The summed E-state index contributed by atoms with van der Waals surface area (Å²) in [6, 6.07) is -0.254. The third kappa shape index (κ3) is 4.81. The molecule has 0 aromatic carbocycles. The van der Waals surface area contributed by atoms with Crippen LogP contribution in [0.1, 0.15) is 25.7 Å². The molecule has 0 bridgehead atoms. The van der Waals surface area contributed by atoms with E-state index in [2.05, 4.69) is 5.43 Å². The fourth-order valence-electron chi connectivity index (χ4n) is 1.89. The first-order chi connectivity index (χ1) is 7.03. The monoisotopic (exact) mass is 226 g/mol. The van der Waals surface area contributed by atoms with Crippen LogP contribution in [0, 0.1) is 5.92 Å². The van der Waals surface area contributed by atoms with Gasteiger partial charge in [-0.2, -0.15) is 13.2 Å². The van der Waals surface area contributed by atoms with E-state index in [9.17, 15) is 13.2 Å². The van der Waals surface area contributed by atoms with E-state index >= 15 is 0 Å². The number of hydrogen-bond acceptors (Lipinski definition) is 3. The van der Waals surface area contributed by atoms with Gasteiger partial charge in [0.05, 0.1) is 0 Å². The Morgan fingerprint density at radius 3 is 2.40 bits per heavy atom. The number of hydrogen-bond donors (Lipinski definition) is 2. The summed E-state index contributed by atoms with van der Waals surface area (Å²) >= 11 is 0. The van der Waals surface area contributed by atoms with Crippen molar-refractivity contribution in [2.24, 2.45) is 11.8 Å². The molecular weight excluding hydrogens is 209 g/mol. The highest BCUT2D eigenvalue weighted by molar-refractivity contribution is 4.77. The number of hydrazine groups is 1. The summed E-state index contributed by atoms with van der Waals surface area (Å²) in [5.41, 5.74) is 2.49. The highest BCUT2D eigenvalue weighted by Crippen LogP contribution is 2.27. The Bertz CT molecular complexity index is 181. The maximum Gasteiger partial charge on any atom is 0.389 e. The van der Waals surface area contributed by atoms with E-state index in [1.807, 2.05) is 0 Å². The molecule has 3 N–H and O–H groups in total. The van der Waals surface area contributed by atoms with Gasteiger partial charge in [0.15, 0.2) is 0 Å². The maximum absolute atomic E-state index is 12.0. The van der Waals surface area contributed by atoms with E-state index in [-0.39, 0.29) is 18.4 Å². The molecule has 1 unspecified atom stereocenters. The van der Waals surface area contributed by atoms with Gasteiger partial charge in [0.2, 0.25) is 0 Å². The summed E-state index contributed by atoms with van der Waals surface area (Å²) in [5.74, 6) is 5.47. The standard InChI is InChI=1S/C9H17F3N2O/c10-9(11,12)4-1-8(14-13)7-2-5-15-6-3-7/h7-8,14H,1-6,13H2.